The third-order valence-electron chi connectivity index (χ3n) is 2.53. The minimum absolute atomic E-state index is 0.291. The molecular weight excluding hydrogens is 285 g/mol. The SMILES string of the molecule is CC(C)(C)OC(=O)Nc1ccc(Nc2ccc(F)cc2)cn1. The number of benzene rings is 1. The molecule has 0 saturated carbocycles. The highest BCUT2D eigenvalue weighted by atomic mass is 19.1. The fourth-order valence-corrected chi connectivity index (χ4v) is 1.65. The summed E-state index contributed by atoms with van der Waals surface area (Å²) < 4.78 is 18.0. The third kappa shape index (κ3) is 5.05. The van der Waals surface area contributed by atoms with E-state index in [2.05, 4.69) is 15.6 Å². The van der Waals surface area contributed by atoms with E-state index in [9.17, 15) is 9.18 Å². The summed E-state index contributed by atoms with van der Waals surface area (Å²) in [4.78, 5) is 15.7. The summed E-state index contributed by atoms with van der Waals surface area (Å²) >= 11 is 0. The minimum Gasteiger partial charge on any atom is -0.444 e. The zero-order chi connectivity index (χ0) is 16.2. The number of rotatable bonds is 3. The first-order valence-corrected chi connectivity index (χ1v) is 6.80. The van der Waals surface area contributed by atoms with Crippen LogP contribution in [-0.2, 0) is 4.74 Å². The summed E-state index contributed by atoms with van der Waals surface area (Å²) in [6, 6.07) is 9.39. The van der Waals surface area contributed by atoms with E-state index in [1.165, 1.54) is 12.1 Å². The van der Waals surface area contributed by atoms with Crippen LogP contribution < -0.4 is 10.6 Å². The maximum Gasteiger partial charge on any atom is 0.413 e. The van der Waals surface area contributed by atoms with Gasteiger partial charge in [0.15, 0.2) is 0 Å². The molecule has 0 saturated heterocycles. The summed E-state index contributed by atoms with van der Waals surface area (Å²) in [5.41, 5.74) is 0.908. The van der Waals surface area contributed by atoms with Gasteiger partial charge in [-0.05, 0) is 57.2 Å². The second-order valence-corrected chi connectivity index (χ2v) is 5.69. The largest absolute Gasteiger partial charge is 0.444 e. The number of halogens is 1. The van der Waals surface area contributed by atoms with Crippen LogP contribution in [0.3, 0.4) is 0 Å². The number of nitrogens with one attached hydrogen (secondary N) is 2. The van der Waals surface area contributed by atoms with Crippen molar-refractivity contribution in [3.63, 3.8) is 0 Å². The average Bonchev–Trinajstić information content (AvgIpc) is 2.41. The Labute approximate surface area is 128 Å². The van der Waals surface area contributed by atoms with Gasteiger partial charge in [-0.1, -0.05) is 0 Å². The van der Waals surface area contributed by atoms with Gasteiger partial charge >= 0.3 is 6.09 Å². The molecule has 0 radical (unpaired) electrons. The monoisotopic (exact) mass is 303 g/mol. The van der Waals surface area contributed by atoms with E-state index in [1.54, 1.807) is 51.2 Å². The summed E-state index contributed by atoms with van der Waals surface area (Å²) in [6.45, 7) is 5.36. The Kier molecular flexibility index (Phi) is 4.60. The van der Waals surface area contributed by atoms with Gasteiger partial charge in [-0.25, -0.2) is 14.2 Å². The van der Waals surface area contributed by atoms with Crippen LogP contribution in [0.25, 0.3) is 0 Å². The van der Waals surface area contributed by atoms with E-state index in [0.29, 0.717) is 5.82 Å². The molecular formula is C16H18FN3O2. The first-order chi connectivity index (χ1) is 10.3. The van der Waals surface area contributed by atoms with E-state index in [1.807, 2.05) is 0 Å². The van der Waals surface area contributed by atoms with Crippen LogP contribution in [0.1, 0.15) is 20.8 Å². The molecule has 5 nitrogen and oxygen atoms in total. The Morgan fingerprint density at radius 2 is 1.73 bits per heavy atom. The number of carbonyl (C=O) groups excluding carboxylic acids is 1. The number of pyridine rings is 1. The zero-order valence-corrected chi connectivity index (χ0v) is 12.7. The number of aromatic nitrogens is 1. The molecule has 1 amide bonds. The highest BCUT2D eigenvalue weighted by molar-refractivity contribution is 5.83. The van der Waals surface area contributed by atoms with Gasteiger partial charge < -0.3 is 10.1 Å². The molecule has 0 aliphatic heterocycles. The highest BCUT2D eigenvalue weighted by Gasteiger charge is 2.16. The fraction of sp³-hybridized carbons (Fsp3) is 0.250. The predicted molar refractivity (Wildman–Crippen MR) is 83.8 cm³/mol. The molecule has 0 aliphatic rings. The molecule has 0 aliphatic carbocycles. The lowest BCUT2D eigenvalue weighted by molar-refractivity contribution is 0.0635. The van der Waals surface area contributed by atoms with Crippen molar-refractivity contribution in [2.24, 2.45) is 0 Å². The van der Waals surface area contributed by atoms with E-state index in [-0.39, 0.29) is 5.82 Å². The highest BCUT2D eigenvalue weighted by Crippen LogP contribution is 2.17. The lowest BCUT2D eigenvalue weighted by Gasteiger charge is -2.19. The van der Waals surface area contributed by atoms with E-state index >= 15 is 0 Å². The normalized spacial score (nSPS) is 10.9. The zero-order valence-electron chi connectivity index (χ0n) is 12.7. The molecule has 22 heavy (non-hydrogen) atoms. The molecule has 0 spiro atoms. The van der Waals surface area contributed by atoms with Crippen molar-refractivity contribution < 1.29 is 13.9 Å². The molecule has 0 atom stereocenters. The Morgan fingerprint density at radius 1 is 1.09 bits per heavy atom. The van der Waals surface area contributed by atoms with Crippen molar-refractivity contribution in [1.82, 2.24) is 4.98 Å². The van der Waals surface area contributed by atoms with E-state index in [4.69, 9.17) is 4.74 Å². The maximum absolute atomic E-state index is 12.8. The molecule has 116 valence electrons. The van der Waals surface area contributed by atoms with Gasteiger partial charge in [-0.15, -0.1) is 0 Å². The van der Waals surface area contributed by atoms with Gasteiger partial charge in [0, 0.05) is 5.69 Å². The second kappa shape index (κ2) is 6.43. The van der Waals surface area contributed by atoms with Crippen LogP contribution in [0.4, 0.5) is 26.4 Å². The molecule has 0 fully saturated rings. The van der Waals surface area contributed by atoms with Crippen LogP contribution in [0, 0.1) is 5.82 Å². The summed E-state index contributed by atoms with van der Waals surface area (Å²) in [7, 11) is 0. The number of carbonyl (C=O) groups is 1. The number of nitrogens with zero attached hydrogens (tertiary/aromatic N) is 1. The van der Waals surface area contributed by atoms with Crippen molar-refractivity contribution in [2.75, 3.05) is 10.6 Å². The first-order valence-electron chi connectivity index (χ1n) is 6.80. The Hall–Kier alpha value is -2.63. The van der Waals surface area contributed by atoms with Gasteiger partial charge in [-0.2, -0.15) is 0 Å². The lowest BCUT2D eigenvalue weighted by atomic mass is 10.2. The Bertz CT molecular complexity index is 634. The van der Waals surface area contributed by atoms with Crippen LogP contribution >= 0.6 is 0 Å². The predicted octanol–water partition coefficient (Wildman–Crippen LogP) is 4.31. The van der Waals surface area contributed by atoms with E-state index in [0.717, 1.165) is 11.4 Å². The molecule has 1 aromatic carbocycles. The molecule has 0 bridgehead atoms. The fourth-order valence-electron chi connectivity index (χ4n) is 1.65. The number of hydrogen-bond acceptors (Lipinski definition) is 4. The van der Waals surface area contributed by atoms with Crippen molar-refractivity contribution in [1.29, 1.82) is 0 Å². The Balaban J connectivity index is 1.95. The minimum atomic E-state index is -0.561. The molecule has 0 unspecified atom stereocenters. The summed E-state index contributed by atoms with van der Waals surface area (Å²) in [5, 5.41) is 5.62. The molecule has 2 N–H and O–H groups in total. The second-order valence-electron chi connectivity index (χ2n) is 5.69. The lowest BCUT2D eigenvalue weighted by Crippen LogP contribution is -2.27. The van der Waals surface area contributed by atoms with Gasteiger partial charge in [0.2, 0.25) is 0 Å². The number of ether oxygens (including phenoxy) is 1. The molecule has 2 rings (SSSR count). The summed E-state index contributed by atoms with van der Waals surface area (Å²) in [6.07, 6.45) is 1.01. The molecule has 2 aromatic rings. The molecule has 6 heteroatoms. The first kappa shape index (κ1) is 15.8. The van der Waals surface area contributed by atoms with Gasteiger partial charge in [0.25, 0.3) is 0 Å². The smallest absolute Gasteiger partial charge is 0.413 e. The number of anilines is 3. The van der Waals surface area contributed by atoms with Crippen molar-refractivity contribution in [2.45, 2.75) is 26.4 Å². The van der Waals surface area contributed by atoms with Gasteiger partial charge in [0.1, 0.15) is 17.2 Å². The molecule has 1 aromatic heterocycles. The van der Waals surface area contributed by atoms with Crippen LogP contribution in [0.5, 0.6) is 0 Å². The third-order valence-corrected chi connectivity index (χ3v) is 2.53. The van der Waals surface area contributed by atoms with Crippen LogP contribution in [-0.4, -0.2) is 16.7 Å². The number of amides is 1. The quantitative estimate of drug-likeness (QED) is 0.886. The molecule has 1 heterocycles. The Morgan fingerprint density at radius 3 is 2.27 bits per heavy atom. The van der Waals surface area contributed by atoms with Crippen LogP contribution in [0.2, 0.25) is 0 Å². The van der Waals surface area contributed by atoms with Crippen molar-refractivity contribution >= 4 is 23.3 Å². The van der Waals surface area contributed by atoms with Gasteiger partial charge in [0.05, 0.1) is 11.9 Å². The maximum atomic E-state index is 12.8. The van der Waals surface area contributed by atoms with Crippen molar-refractivity contribution in [3.05, 3.63) is 48.4 Å². The van der Waals surface area contributed by atoms with E-state index < -0.39 is 11.7 Å². The average molecular weight is 303 g/mol. The standard InChI is InChI=1S/C16H18FN3O2/c1-16(2,3)22-15(21)20-14-9-8-13(10-18-14)19-12-6-4-11(17)5-7-12/h4-10,19H,1-3H3,(H,18,20,21). The van der Waals surface area contributed by atoms with Crippen LogP contribution in [0.15, 0.2) is 42.6 Å². The summed E-state index contributed by atoms with van der Waals surface area (Å²) in [5.74, 6) is 0.0967. The van der Waals surface area contributed by atoms with Crippen molar-refractivity contribution in [3.8, 4) is 0 Å². The van der Waals surface area contributed by atoms with Gasteiger partial charge in [-0.3, -0.25) is 5.32 Å². The topological polar surface area (TPSA) is 63.2 Å². The number of hydrogen-bond donors (Lipinski definition) is 2.